The molecule has 1 fully saturated rings. The highest BCUT2D eigenvalue weighted by atomic mass is 79.9. The molecule has 1 aromatic rings. The van der Waals surface area contributed by atoms with Crippen LogP contribution in [0.2, 0.25) is 0 Å². The first-order valence-electron chi connectivity index (χ1n) is 5.64. The van der Waals surface area contributed by atoms with E-state index in [1.807, 2.05) is 13.8 Å². The average molecular weight is 352 g/mol. The van der Waals surface area contributed by atoms with Crippen molar-refractivity contribution in [1.82, 2.24) is 4.72 Å². The molecule has 1 aromatic heterocycles. The number of rotatable bonds is 4. The minimum absolute atomic E-state index is 0.412. The van der Waals surface area contributed by atoms with Crippen LogP contribution in [0.3, 0.4) is 0 Å². The van der Waals surface area contributed by atoms with Crippen LogP contribution in [0.25, 0.3) is 0 Å². The first kappa shape index (κ1) is 14.0. The minimum atomic E-state index is -3.56. The number of nitrogens with one attached hydrogen (secondary N) is 1. The van der Waals surface area contributed by atoms with Crippen molar-refractivity contribution in [2.45, 2.75) is 37.9 Å². The summed E-state index contributed by atoms with van der Waals surface area (Å²) in [6, 6.07) is 1.65. The van der Waals surface area contributed by atoms with Crippen LogP contribution in [0.5, 0.6) is 0 Å². The van der Waals surface area contributed by atoms with E-state index in [0.717, 1.165) is 9.35 Å². The van der Waals surface area contributed by atoms with E-state index in [1.54, 1.807) is 6.07 Å². The van der Waals surface area contributed by atoms with E-state index >= 15 is 0 Å². The Labute approximate surface area is 119 Å². The summed E-state index contributed by atoms with van der Waals surface area (Å²) < 4.78 is 26.5. The average Bonchev–Trinajstić information content (AvgIpc) is 3.02. The van der Waals surface area contributed by atoms with Gasteiger partial charge in [-0.05, 0) is 48.2 Å². The summed E-state index contributed by atoms with van der Waals surface area (Å²) >= 11 is 4.59. The topological polar surface area (TPSA) is 63.2 Å². The first-order chi connectivity index (χ1) is 8.31. The number of amides is 1. The quantitative estimate of drug-likeness (QED) is 0.906. The van der Waals surface area contributed by atoms with Gasteiger partial charge in [0.15, 0.2) is 0 Å². The summed E-state index contributed by atoms with van der Waals surface area (Å²) in [5.74, 6) is -0.534. The van der Waals surface area contributed by atoms with Crippen LogP contribution in [0, 0.1) is 6.92 Å². The molecule has 0 bridgehead atoms. The lowest BCUT2D eigenvalue weighted by Gasteiger charge is -2.14. The number of aryl methyl sites for hydroxylation is 1. The fourth-order valence-corrected chi connectivity index (χ4v) is 4.89. The molecule has 1 N–H and O–H groups in total. The van der Waals surface area contributed by atoms with Gasteiger partial charge in [0.2, 0.25) is 10.0 Å². The molecule has 100 valence electrons. The zero-order valence-electron chi connectivity index (χ0n) is 10.1. The molecule has 1 amide bonds. The maximum absolute atomic E-state index is 12.1. The third kappa shape index (κ3) is 2.35. The summed E-state index contributed by atoms with van der Waals surface area (Å²) in [6.45, 7) is 3.71. The normalized spacial score (nSPS) is 17.5. The monoisotopic (exact) mass is 351 g/mol. The Hall–Kier alpha value is -0.400. The molecule has 18 heavy (non-hydrogen) atoms. The Kier molecular flexibility index (Phi) is 3.59. The van der Waals surface area contributed by atoms with Crippen molar-refractivity contribution in [3.05, 3.63) is 20.3 Å². The second-order valence-electron chi connectivity index (χ2n) is 4.49. The zero-order valence-corrected chi connectivity index (χ0v) is 13.3. The highest BCUT2D eigenvalue weighted by Crippen LogP contribution is 2.45. The molecule has 0 spiro atoms. The smallest absolute Gasteiger partial charge is 0.267 e. The van der Waals surface area contributed by atoms with Crippen molar-refractivity contribution in [1.29, 1.82) is 0 Å². The Morgan fingerprint density at radius 1 is 1.56 bits per heavy atom. The van der Waals surface area contributed by atoms with Gasteiger partial charge in [0.1, 0.15) is 0 Å². The van der Waals surface area contributed by atoms with Crippen molar-refractivity contribution in [3.8, 4) is 0 Å². The number of thiophene rings is 1. The number of hydrogen-bond acceptors (Lipinski definition) is 4. The molecule has 1 heterocycles. The highest BCUT2D eigenvalue weighted by Gasteiger charge is 2.53. The second kappa shape index (κ2) is 4.61. The lowest BCUT2D eigenvalue weighted by atomic mass is 10.3. The molecule has 1 saturated carbocycles. The summed E-state index contributed by atoms with van der Waals surface area (Å²) in [7, 11) is -3.56. The second-order valence-corrected chi connectivity index (χ2v) is 8.67. The summed E-state index contributed by atoms with van der Waals surface area (Å²) in [5, 5.41) is 0. The maximum atomic E-state index is 12.1. The lowest BCUT2D eigenvalue weighted by Crippen LogP contribution is -2.39. The molecule has 1 aliphatic carbocycles. The lowest BCUT2D eigenvalue weighted by molar-refractivity contribution is 0.0984. The summed E-state index contributed by atoms with van der Waals surface area (Å²) in [5.41, 5.74) is 0. The molecule has 0 aliphatic heterocycles. The SMILES string of the molecule is CCC1(S(=O)(=O)NC(=O)c2cc(Br)c(C)s2)CC1. The van der Waals surface area contributed by atoms with Gasteiger partial charge in [0, 0.05) is 9.35 Å². The third-order valence-electron chi connectivity index (χ3n) is 3.33. The molecule has 4 nitrogen and oxygen atoms in total. The molecule has 7 heteroatoms. The fraction of sp³-hybridized carbons (Fsp3) is 0.545. The van der Waals surface area contributed by atoms with Gasteiger partial charge >= 0.3 is 0 Å². The number of carbonyl (C=O) groups is 1. The molecule has 0 saturated heterocycles. The van der Waals surface area contributed by atoms with Crippen molar-refractivity contribution in [2.75, 3.05) is 0 Å². The van der Waals surface area contributed by atoms with Crippen LogP contribution in [0.4, 0.5) is 0 Å². The predicted molar refractivity (Wildman–Crippen MR) is 75.4 cm³/mol. The van der Waals surface area contributed by atoms with Crippen LogP contribution < -0.4 is 4.72 Å². The largest absolute Gasteiger partial charge is 0.274 e. The Balaban J connectivity index is 2.17. The van der Waals surface area contributed by atoms with Gasteiger partial charge in [-0.1, -0.05) is 6.92 Å². The number of sulfonamides is 1. The zero-order chi connectivity index (χ0) is 13.6. The predicted octanol–water partition coefficient (Wildman–Crippen LogP) is 2.82. The van der Waals surface area contributed by atoms with Gasteiger partial charge in [0.25, 0.3) is 5.91 Å². The van der Waals surface area contributed by atoms with Crippen LogP contribution >= 0.6 is 27.3 Å². The molecule has 0 unspecified atom stereocenters. The van der Waals surface area contributed by atoms with E-state index in [-0.39, 0.29) is 0 Å². The van der Waals surface area contributed by atoms with E-state index in [4.69, 9.17) is 0 Å². The van der Waals surface area contributed by atoms with E-state index in [9.17, 15) is 13.2 Å². The van der Waals surface area contributed by atoms with Crippen LogP contribution in [-0.2, 0) is 10.0 Å². The molecule has 2 rings (SSSR count). The Morgan fingerprint density at radius 3 is 2.56 bits per heavy atom. The maximum Gasteiger partial charge on any atom is 0.274 e. The molecule has 1 aliphatic rings. The third-order valence-corrected chi connectivity index (χ3v) is 7.76. The molecular weight excluding hydrogens is 338 g/mol. The van der Waals surface area contributed by atoms with Gasteiger partial charge in [0.05, 0.1) is 9.62 Å². The van der Waals surface area contributed by atoms with Crippen molar-refractivity contribution in [3.63, 3.8) is 0 Å². The summed E-state index contributed by atoms with van der Waals surface area (Å²) in [4.78, 5) is 13.3. The van der Waals surface area contributed by atoms with E-state index < -0.39 is 20.7 Å². The van der Waals surface area contributed by atoms with Crippen molar-refractivity contribution >= 4 is 43.2 Å². The fourth-order valence-electron chi connectivity index (χ4n) is 1.80. The van der Waals surface area contributed by atoms with Crippen molar-refractivity contribution in [2.24, 2.45) is 0 Å². The molecule has 0 radical (unpaired) electrons. The first-order valence-corrected chi connectivity index (χ1v) is 8.73. The number of carbonyl (C=O) groups excluding carboxylic acids is 1. The van der Waals surface area contributed by atoms with E-state index in [1.165, 1.54) is 11.3 Å². The molecule has 0 aromatic carbocycles. The standard InChI is InChI=1S/C11H14BrNO3S2/c1-3-11(4-5-11)18(15,16)13-10(14)9-6-8(12)7(2)17-9/h6H,3-5H2,1-2H3,(H,13,14). The van der Waals surface area contributed by atoms with Crippen LogP contribution in [0.15, 0.2) is 10.5 Å². The van der Waals surface area contributed by atoms with E-state index in [2.05, 4.69) is 20.7 Å². The minimum Gasteiger partial charge on any atom is -0.267 e. The number of hydrogen-bond donors (Lipinski definition) is 1. The highest BCUT2D eigenvalue weighted by molar-refractivity contribution is 9.10. The van der Waals surface area contributed by atoms with Gasteiger partial charge in [-0.15, -0.1) is 11.3 Å². The Bertz CT molecular complexity index is 568. The van der Waals surface area contributed by atoms with Crippen LogP contribution in [0.1, 0.15) is 40.7 Å². The van der Waals surface area contributed by atoms with Crippen molar-refractivity contribution < 1.29 is 13.2 Å². The summed E-state index contributed by atoms with van der Waals surface area (Å²) in [6.07, 6.45) is 1.82. The van der Waals surface area contributed by atoms with Gasteiger partial charge < -0.3 is 0 Å². The van der Waals surface area contributed by atoms with E-state index in [0.29, 0.717) is 24.1 Å². The van der Waals surface area contributed by atoms with Gasteiger partial charge in [-0.25, -0.2) is 13.1 Å². The Morgan fingerprint density at radius 2 is 2.17 bits per heavy atom. The number of halogens is 1. The van der Waals surface area contributed by atoms with Gasteiger partial charge in [-0.2, -0.15) is 0 Å². The molecule has 0 atom stereocenters. The van der Waals surface area contributed by atoms with Crippen LogP contribution in [-0.4, -0.2) is 19.1 Å². The van der Waals surface area contributed by atoms with Gasteiger partial charge in [-0.3, -0.25) is 4.79 Å². The molecular formula is C11H14BrNO3S2.